The molecular weight excluding hydrogens is 388 g/mol. The highest BCUT2D eigenvalue weighted by molar-refractivity contribution is 6.30. The maximum atomic E-state index is 12.8. The lowest BCUT2D eigenvalue weighted by atomic mass is 10.1. The fourth-order valence-corrected chi connectivity index (χ4v) is 3.19. The lowest BCUT2D eigenvalue weighted by Gasteiger charge is -2.10. The van der Waals surface area contributed by atoms with Crippen LogP contribution in [0, 0.1) is 13.8 Å². The van der Waals surface area contributed by atoms with Crippen LogP contribution in [-0.4, -0.2) is 0 Å². The Labute approximate surface area is 173 Å². The zero-order valence-corrected chi connectivity index (χ0v) is 16.8. The second-order valence-corrected chi connectivity index (χ2v) is 7.31. The number of rotatable bonds is 5. The average molecular weight is 407 g/mol. The molecule has 29 heavy (non-hydrogen) atoms. The normalized spacial score (nSPS) is 10.9. The summed E-state index contributed by atoms with van der Waals surface area (Å²) in [5, 5.41) is 1.09. The molecule has 1 aromatic heterocycles. The minimum absolute atomic E-state index is 0.152. The van der Waals surface area contributed by atoms with Crippen molar-refractivity contribution >= 4 is 22.6 Å². The maximum absolute atomic E-state index is 12.8. The van der Waals surface area contributed by atoms with Gasteiger partial charge in [-0.3, -0.25) is 4.79 Å². The van der Waals surface area contributed by atoms with E-state index in [9.17, 15) is 4.79 Å². The summed E-state index contributed by atoms with van der Waals surface area (Å²) >= 11 is 6.00. The molecule has 4 nitrogen and oxygen atoms in total. The summed E-state index contributed by atoms with van der Waals surface area (Å²) in [6, 6.07) is 18.4. The number of hydrogen-bond donors (Lipinski definition) is 0. The zero-order valence-electron chi connectivity index (χ0n) is 16.1. The van der Waals surface area contributed by atoms with Crippen LogP contribution in [0.2, 0.25) is 5.02 Å². The summed E-state index contributed by atoms with van der Waals surface area (Å²) in [7, 11) is 0. The van der Waals surface area contributed by atoms with Crippen molar-refractivity contribution < 1.29 is 13.9 Å². The second-order valence-electron chi connectivity index (χ2n) is 6.88. The van der Waals surface area contributed by atoms with Crippen molar-refractivity contribution in [3.63, 3.8) is 0 Å². The van der Waals surface area contributed by atoms with E-state index in [-0.39, 0.29) is 11.2 Å². The molecular formula is C24H19ClO4. The lowest BCUT2D eigenvalue weighted by Crippen LogP contribution is -2.05. The lowest BCUT2D eigenvalue weighted by molar-refractivity contribution is 0.306. The Hall–Kier alpha value is -3.24. The van der Waals surface area contributed by atoms with Gasteiger partial charge in [-0.15, -0.1) is 0 Å². The van der Waals surface area contributed by atoms with Crippen LogP contribution in [0.25, 0.3) is 11.0 Å². The molecule has 4 rings (SSSR count). The first-order valence-corrected chi connectivity index (χ1v) is 9.55. The van der Waals surface area contributed by atoms with Gasteiger partial charge in [-0.05, 0) is 60.9 Å². The predicted octanol–water partition coefficient (Wildman–Crippen LogP) is 6.43. The Morgan fingerprint density at radius 3 is 2.66 bits per heavy atom. The number of benzene rings is 3. The third-order valence-corrected chi connectivity index (χ3v) is 4.81. The molecule has 146 valence electrons. The van der Waals surface area contributed by atoms with E-state index in [1.807, 2.05) is 56.3 Å². The topological polar surface area (TPSA) is 48.7 Å². The molecule has 0 saturated heterocycles. The van der Waals surface area contributed by atoms with Crippen LogP contribution in [0.5, 0.6) is 17.2 Å². The van der Waals surface area contributed by atoms with E-state index in [1.54, 1.807) is 18.2 Å². The molecule has 0 unspecified atom stereocenters. The largest absolute Gasteiger partial charge is 0.489 e. The van der Waals surface area contributed by atoms with Gasteiger partial charge < -0.3 is 13.9 Å². The first-order chi connectivity index (χ1) is 14.0. The summed E-state index contributed by atoms with van der Waals surface area (Å²) in [6.45, 7) is 4.27. The molecule has 0 aliphatic rings. The summed E-state index contributed by atoms with van der Waals surface area (Å²) in [5.74, 6) is 1.39. The van der Waals surface area contributed by atoms with Gasteiger partial charge >= 0.3 is 0 Å². The van der Waals surface area contributed by atoms with E-state index in [4.69, 9.17) is 25.5 Å². The zero-order chi connectivity index (χ0) is 20.4. The number of fused-ring (bicyclic) bond motifs is 1. The monoisotopic (exact) mass is 406 g/mol. The van der Waals surface area contributed by atoms with E-state index < -0.39 is 0 Å². The van der Waals surface area contributed by atoms with Crippen molar-refractivity contribution in [2.45, 2.75) is 20.5 Å². The van der Waals surface area contributed by atoms with Crippen LogP contribution in [0.15, 0.2) is 76.1 Å². The fraction of sp³-hybridized carbons (Fsp3) is 0.125. The van der Waals surface area contributed by atoms with E-state index in [2.05, 4.69) is 0 Å². The van der Waals surface area contributed by atoms with Gasteiger partial charge in [-0.25, -0.2) is 0 Å². The first kappa shape index (κ1) is 19.1. The van der Waals surface area contributed by atoms with Crippen LogP contribution in [0.1, 0.15) is 16.7 Å². The molecule has 0 fully saturated rings. The van der Waals surface area contributed by atoms with Gasteiger partial charge in [0.15, 0.2) is 0 Å². The van der Waals surface area contributed by atoms with Gasteiger partial charge in [-0.1, -0.05) is 35.9 Å². The summed E-state index contributed by atoms with van der Waals surface area (Å²) < 4.78 is 17.3. The summed E-state index contributed by atoms with van der Waals surface area (Å²) in [6.07, 6.45) is 1.34. The van der Waals surface area contributed by atoms with Gasteiger partial charge in [0, 0.05) is 11.1 Å². The van der Waals surface area contributed by atoms with Gasteiger partial charge in [-0.2, -0.15) is 0 Å². The molecule has 0 N–H and O–H groups in total. The quantitative estimate of drug-likeness (QED) is 0.383. The highest BCUT2D eigenvalue weighted by atomic mass is 35.5. The molecule has 0 aliphatic carbocycles. The molecule has 0 aliphatic heterocycles. The molecule has 5 heteroatoms. The third-order valence-electron chi connectivity index (χ3n) is 4.57. The van der Waals surface area contributed by atoms with Crippen molar-refractivity contribution in [2.24, 2.45) is 0 Å². The van der Waals surface area contributed by atoms with Crippen LogP contribution in [-0.2, 0) is 6.61 Å². The van der Waals surface area contributed by atoms with Crippen molar-refractivity contribution in [2.75, 3.05) is 0 Å². The van der Waals surface area contributed by atoms with E-state index in [1.165, 1.54) is 6.26 Å². The SMILES string of the molecule is Cc1ccc(C)c(Oc2coc3cc(OCc4cccc(Cl)c4)ccc3c2=O)c1. The molecule has 3 aromatic carbocycles. The average Bonchev–Trinajstić information content (AvgIpc) is 2.71. The maximum Gasteiger partial charge on any atom is 0.235 e. The fourth-order valence-electron chi connectivity index (χ4n) is 2.98. The van der Waals surface area contributed by atoms with Gasteiger partial charge in [0.05, 0.1) is 5.39 Å². The molecule has 0 spiro atoms. The van der Waals surface area contributed by atoms with Gasteiger partial charge in [0.25, 0.3) is 0 Å². The Morgan fingerprint density at radius 2 is 1.83 bits per heavy atom. The van der Waals surface area contributed by atoms with E-state index in [0.717, 1.165) is 16.7 Å². The molecule has 4 aromatic rings. The number of hydrogen-bond acceptors (Lipinski definition) is 4. The highest BCUT2D eigenvalue weighted by Gasteiger charge is 2.12. The van der Waals surface area contributed by atoms with Crippen molar-refractivity contribution in [1.82, 2.24) is 0 Å². The van der Waals surface area contributed by atoms with Crippen molar-refractivity contribution in [3.8, 4) is 17.2 Å². The first-order valence-electron chi connectivity index (χ1n) is 9.17. The molecule has 0 saturated carbocycles. The Bertz CT molecular complexity index is 1240. The molecule has 1 heterocycles. The van der Waals surface area contributed by atoms with E-state index in [0.29, 0.717) is 34.1 Å². The third kappa shape index (κ3) is 4.28. The van der Waals surface area contributed by atoms with Crippen LogP contribution in [0.4, 0.5) is 0 Å². The second kappa shape index (κ2) is 8.02. The molecule has 0 radical (unpaired) electrons. The summed E-state index contributed by atoms with van der Waals surface area (Å²) in [5.41, 5.74) is 3.16. The van der Waals surface area contributed by atoms with Crippen LogP contribution in [0.3, 0.4) is 0 Å². The highest BCUT2D eigenvalue weighted by Crippen LogP contribution is 2.27. The van der Waals surface area contributed by atoms with Gasteiger partial charge in [0.2, 0.25) is 11.2 Å². The Balaban J connectivity index is 1.58. The van der Waals surface area contributed by atoms with Crippen LogP contribution >= 0.6 is 11.6 Å². The molecule has 0 amide bonds. The standard InChI is InChI=1S/C24H19ClO4/c1-15-6-7-16(2)21(10-15)29-23-14-28-22-12-19(8-9-20(22)24(23)26)27-13-17-4-3-5-18(25)11-17/h3-12,14H,13H2,1-2H3. The number of ether oxygens (including phenoxy) is 2. The van der Waals surface area contributed by atoms with Crippen molar-refractivity contribution in [1.29, 1.82) is 0 Å². The minimum Gasteiger partial charge on any atom is -0.489 e. The summed E-state index contributed by atoms with van der Waals surface area (Å²) in [4.78, 5) is 12.8. The number of halogens is 1. The smallest absolute Gasteiger partial charge is 0.235 e. The minimum atomic E-state index is -0.228. The Morgan fingerprint density at radius 1 is 0.966 bits per heavy atom. The van der Waals surface area contributed by atoms with E-state index >= 15 is 0 Å². The van der Waals surface area contributed by atoms with Crippen molar-refractivity contribution in [3.05, 3.63) is 98.9 Å². The molecule has 0 atom stereocenters. The predicted molar refractivity (Wildman–Crippen MR) is 114 cm³/mol. The van der Waals surface area contributed by atoms with Gasteiger partial charge in [0.1, 0.15) is 30.0 Å². The Kier molecular flexibility index (Phi) is 5.28. The van der Waals surface area contributed by atoms with Crippen LogP contribution < -0.4 is 14.9 Å². The molecule has 0 bridgehead atoms. The number of aryl methyl sites for hydroxylation is 2.